The van der Waals surface area contributed by atoms with Gasteiger partial charge in [0.25, 0.3) is 0 Å². The number of carbonyl (C=O) groups excluding carboxylic acids is 4. The molecule has 4 N–H and O–H groups in total. The first kappa shape index (κ1) is 47.2. The third kappa shape index (κ3) is 11.3. The first-order valence-corrected chi connectivity index (χ1v) is 21.6. The van der Waals surface area contributed by atoms with Crippen molar-refractivity contribution in [2.45, 2.75) is 63.7 Å². The average Bonchev–Trinajstić information content (AvgIpc) is 3.80. The van der Waals surface area contributed by atoms with Crippen LogP contribution in [0.15, 0.2) is 78.9 Å². The Balaban J connectivity index is 1.13. The van der Waals surface area contributed by atoms with E-state index in [1.54, 1.807) is 19.1 Å². The fraction of sp³-hybridized carbons (Fsp3) is 0.447. The van der Waals surface area contributed by atoms with Crippen molar-refractivity contribution in [3.05, 3.63) is 95.7 Å². The predicted octanol–water partition coefficient (Wildman–Crippen LogP) is 4.33. The Morgan fingerprint density at radius 3 is 2.17 bits per heavy atom. The second kappa shape index (κ2) is 21.9. The number of aliphatic carboxylic acids is 2. The van der Waals surface area contributed by atoms with E-state index < -0.39 is 59.7 Å². The van der Waals surface area contributed by atoms with Crippen molar-refractivity contribution < 1.29 is 53.2 Å². The van der Waals surface area contributed by atoms with Gasteiger partial charge in [0.2, 0.25) is 17.7 Å². The minimum atomic E-state index is -1.51. The minimum absolute atomic E-state index is 0.0373. The maximum absolute atomic E-state index is 13.7. The molecular formula is C47H58N6O11. The molecule has 0 radical (unpaired) electrons. The fourth-order valence-corrected chi connectivity index (χ4v) is 8.59. The lowest BCUT2D eigenvalue weighted by molar-refractivity contribution is -0.158. The number of hydrazine groups is 1. The molecule has 4 atom stereocenters. The SMILES string of the molecule is CC1C(C(=O)O)C(C(=O)O)CCC(NC(=O)CCn2c(CN(C)N(C)C(=O)OCC3c4ccccc4-c4ccccc43)cc3ccccc32)C(=O)NCCOCCOCCC(=O)N1C. The van der Waals surface area contributed by atoms with Crippen LogP contribution < -0.4 is 10.6 Å². The zero-order valence-corrected chi connectivity index (χ0v) is 36.7. The second-order valence-electron chi connectivity index (χ2n) is 16.3. The van der Waals surface area contributed by atoms with E-state index in [1.807, 2.05) is 59.2 Å². The number of benzene rings is 3. The molecule has 2 heterocycles. The molecule has 1 fully saturated rings. The lowest BCUT2D eigenvalue weighted by Gasteiger charge is -2.33. The van der Waals surface area contributed by atoms with Gasteiger partial charge >= 0.3 is 18.0 Å². The number of nitrogens with zero attached hydrogens (tertiary/aromatic N) is 4. The van der Waals surface area contributed by atoms with Crippen molar-refractivity contribution in [2.24, 2.45) is 11.8 Å². The summed E-state index contributed by atoms with van der Waals surface area (Å²) in [7, 11) is 4.82. The number of aromatic nitrogens is 1. The van der Waals surface area contributed by atoms with Gasteiger partial charge in [-0.05, 0) is 59.5 Å². The summed E-state index contributed by atoms with van der Waals surface area (Å²) in [5.74, 6) is -7.41. The Hall–Kier alpha value is -6.30. The van der Waals surface area contributed by atoms with Crippen LogP contribution in [0.3, 0.4) is 0 Å². The zero-order valence-electron chi connectivity index (χ0n) is 36.7. The van der Waals surface area contributed by atoms with Crippen LogP contribution in [0, 0.1) is 11.8 Å². The number of carbonyl (C=O) groups is 6. The number of para-hydroxylation sites is 1. The highest BCUT2D eigenvalue weighted by Gasteiger charge is 2.41. The Bertz CT molecular complexity index is 2270. The average molecular weight is 883 g/mol. The first-order valence-electron chi connectivity index (χ1n) is 21.6. The molecule has 342 valence electrons. The molecule has 64 heavy (non-hydrogen) atoms. The summed E-state index contributed by atoms with van der Waals surface area (Å²) in [6.07, 6.45) is -1.12. The summed E-state index contributed by atoms with van der Waals surface area (Å²) in [6.45, 7) is 2.77. The van der Waals surface area contributed by atoms with Crippen LogP contribution in [0.4, 0.5) is 4.79 Å². The first-order chi connectivity index (χ1) is 30.8. The highest BCUT2D eigenvalue weighted by molar-refractivity contribution is 5.88. The molecule has 1 saturated heterocycles. The summed E-state index contributed by atoms with van der Waals surface area (Å²) < 4.78 is 18.9. The van der Waals surface area contributed by atoms with Crippen LogP contribution in [-0.2, 0) is 51.3 Å². The maximum atomic E-state index is 13.7. The number of ether oxygens (including phenoxy) is 3. The van der Waals surface area contributed by atoms with E-state index in [2.05, 4.69) is 34.9 Å². The van der Waals surface area contributed by atoms with Crippen LogP contribution in [0.1, 0.15) is 55.3 Å². The van der Waals surface area contributed by atoms with Gasteiger partial charge in [0.05, 0.1) is 51.2 Å². The van der Waals surface area contributed by atoms with Gasteiger partial charge in [-0.3, -0.25) is 24.0 Å². The number of carboxylic acids is 2. The Kier molecular flexibility index (Phi) is 16.1. The highest BCUT2D eigenvalue weighted by Crippen LogP contribution is 2.44. The van der Waals surface area contributed by atoms with Crippen molar-refractivity contribution in [3.8, 4) is 11.1 Å². The van der Waals surface area contributed by atoms with Gasteiger partial charge in [-0.2, -0.15) is 0 Å². The molecule has 4 amide bonds. The number of hydrogen-bond donors (Lipinski definition) is 4. The van der Waals surface area contributed by atoms with Crippen LogP contribution in [0.2, 0.25) is 0 Å². The molecule has 0 spiro atoms. The molecule has 17 nitrogen and oxygen atoms in total. The van der Waals surface area contributed by atoms with Gasteiger partial charge in [-0.15, -0.1) is 0 Å². The summed E-state index contributed by atoms with van der Waals surface area (Å²) in [6, 6.07) is 23.7. The number of carboxylic acid groups (broad SMARTS) is 2. The number of fused-ring (bicyclic) bond motifs is 4. The molecule has 0 bridgehead atoms. The van der Waals surface area contributed by atoms with Gasteiger partial charge in [0.15, 0.2) is 0 Å². The number of aryl methyl sites for hydroxylation is 1. The standard InChI is InChI=1S/C47H58N6O11/c1-30-43(46(59)60)37(45(57)58)17-18-39(44(56)48-21-24-63-26-25-62-23-20-42(55)51(30)3)49-41(54)19-22-53-32(27-31-11-5-10-16-40(31)53)28-50(2)52(4)47(61)64-29-38-35-14-8-6-12-33(35)34-13-7-9-15-36(34)38/h5-16,27,30,37-39,43H,17-26,28-29H2,1-4H3,(H,48,56)(H,49,54)(H,57,58)(H,59,60). The van der Waals surface area contributed by atoms with Crippen LogP contribution in [-0.4, -0.2) is 138 Å². The fourth-order valence-electron chi connectivity index (χ4n) is 8.59. The molecule has 1 aliphatic carbocycles. The smallest absolute Gasteiger partial charge is 0.424 e. The minimum Gasteiger partial charge on any atom is -0.481 e. The van der Waals surface area contributed by atoms with E-state index in [0.717, 1.165) is 38.9 Å². The molecule has 4 unspecified atom stereocenters. The van der Waals surface area contributed by atoms with Gasteiger partial charge in [-0.1, -0.05) is 66.7 Å². The third-order valence-corrected chi connectivity index (χ3v) is 12.3. The van der Waals surface area contributed by atoms with Crippen LogP contribution >= 0.6 is 0 Å². The molecule has 6 rings (SSSR count). The van der Waals surface area contributed by atoms with E-state index in [4.69, 9.17) is 14.2 Å². The molecular weight excluding hydrogens is 825 g/mol. The second-order valence-corrected chi connectivity index (χ2v) is 16.3. The van der Waals surface area contributed by atoms with Crippen molar-refractivity contribution in [2.75, 3.05) is 60.7 Å². The van der Waals surface area contributed by atoms with Crippen molar-refractivity contribution in [1.82, 2.24) is 30.1 Å². The lowest BCUT2D eigenvalue weighted by atomic mass is 9.82. The molecule has 2 aliphatic rings. The molecule has 3 aromatic carbocycles. The zero-order chi connectivity index (χ0) is 45.9. The van der Waals surface area contributed by atoms with Gasteiger partial charge in [0, 0.05) is 63.8 Å². The molecule has 1 aliphatic heterocycles. The summed E-state index contributed by atoms with van der Waals surface area (Å²) in [5.41, 5.74) is 6.13. The number of rotatable bonds is 11. The largest absolute Gasteiger partial charge is 0.481 e. The lowest BCUT2D eigenvalue weighted by Crippen LogP contribution is -2.50. The topological polar surface area (TPSA) is 209 Å². The quantitative estimate of drug-likeness (QED) is 0.155. The van der Waals surface area contributed by atoms with Crippen molar-refractivity contribution in [1.29, 1.82) is 0 Å². The van der Waals surface area contributed by atoms with E-state index in [-0.39, 0.29) is 84.3 Å². The highest BCUT2D eigenvalue weighted by atomic mass is 16.6. The van der Waals surface area contributed by atoms with E-state index >= 15 is 0 Å². The molecule has 4 aromatic rings. The predicted molar refractivity (Wildman–Crippen MR) is 236 cm³/mol. The Labute approximate surface area is 372 Å². The monoisotopic (exact) mass is 882 g/mol. The third-order valence-electron chi connectivity index (χ3n) is 12.3. The van der Waals surface area contributed by atoms with Gasteiger partial charge < -0.3 is 44.5 Å². The Morgan fingerprint density at radius 2 is 1.50 bits per heavy atom. The van der Waals surface area contributed by atoms with E-state index in [9.17, 15) is 39.0 Å². The van der Waals surface area contributed by atoms with E-state index in [1.165, 1.54) is 23.9 Å². The molecule has 17 heteroatoms. The van der Waals surface area contributed by atoms with Crippen LogP contribution in [0.5, 0.6) is 0 Å². The number of amides is 4. The van der Waals surface area contributed by atoms with Crippen molar-refractivity contribution >= 4 is 46.7 Å². The summed E-state index contributed by atoms with van der Waals surface area (Å²) in [4.78, 5) is 80.1. The summed E-state index contributed by atoms with van der Waals surface area (Å²) >= 11 is 0. The molecule has 1 aromatic heterocycles. The number of hydrogen-bond acceptors (Lipinski definition) is 10. The van der Waals surface area contributed by atoms with Crippen molar-refractivity contribution in [3.63, 3.8) is 0 Å². The van der Waals surface area contributed by atoms with E-state index in [0.29, 0.717) is 0 Å². The summed E-state index contributed by atoms with van der Waals surface area (Å²) in [5, 5.41) is 30.0. The maximum Gasteiger partial charge on any atom is 0.424 e. The normalized spacial score (nSPS) is 20.4. The number of nitrogens with one attached hydrogen (secondary N) is 2. The van der Waals surface area contributed by atoms with Gasteiger partial charge in [0.1, 0.15) is 12.6 Å². The van der Waals surface area contributed by atoms with Gasteiger partial charge in [-0.25, -0.2) is 14.8 Å². The Morgan fingerprint density at radius 1 is 0.859 bits per heavy atom. The van der Waals surface area contributed by atoms with Crippen LogP contribution in [0.25, 0.3) is 22.0 Å². The molecule has 0 saturated carbocycles.